The summed E-state index contributed by atoms with van der Waals surface area (Å²) in [5.41, 5.74) is 3.37. The van der Waals surface area contributed by atoms with Crippen LogP contribution in [-0.2, 0) is 0 Å². The number of fused-ring (bicyclic) bond motifs is 1. The van der Waals surface area contributed by atoms with Gasteiger partial charge in [-0.2, -0.15) is 0 Å². The molecule has 1 saturated heterocycles. The Bertz CT molecular complexity index is 579. The lowest BCUT2D eigenvalue weighted by molar-refractivity contribution is 0.399. The number of para-hydroxylation sites is 1. The second kappa shape index (κ2) is 5.17. The molecule has 3 nitrogen and oxygen atoms in total. The zero-order valence-electron chi connectivity index (χ0n) is 11.7. The lowest BCUT2D eigenvalue weighted by Crippen LogP contribution is -2.19. The standard InChI is InChI=1S/C16H21N3/c1-12-9-16(14-5-3-4-6-15(14)18-12)17-10-13-7-8-19(2)11-13/h3-6,9,13H,7-8,10-11H2,1-2H3,(H,17,18). The van der Waals surface area contributed by atoms with Gasteiger partial charge in [0, 0.05) is 29.9 Å². The zero-order chi connectivity index (χ0) is 13.2. The predicted molar refractivity (Wildman–Crippen MR) is 80.6 cm³/mol. The maximum atomic E-state index is 4.58. The first kappa shape index (κ1) is 12.4. The van der Waals surface area contributed by atoms with Crippen molar-refractivity contribution < 1.29 is 0 Å². The van der Waals surface area contributed by atoms with Crippen molar-refractivity contribution in [3.05, 3.63) is 36.0 Å². The van der Waals surface area contributed by atoms with Gasteiger partial charge in [-0.15, -0.1) is 0 Å². The number of hydrogen-bond donors (Lipinski definition) is 1. The Kier molecular flexibility index (Phi) is 3.38. The topological polar surface area (TPSA) is 28.2 Å². The first-order valence-corrected chi connectivity index (χ1v) is 7.01. The Morgan fingerprint density at radius 1 is 1.37 bits per heavy atom. The summed E-state index contributed by atoms with van der Waals surface area (Å²) in [6.07, 6.45) is 1.30. The van der Waals surface area contributed by atoms with Crippen molar-refractivity contribution in [3.8, 4) is 0 Å². The molecule has 3 heteroatoms. The fraction of sp³-hybridized carbons (Fsp3) is 0.438. The number of likely N-dealkylation sites (tertiary alicyclic amines) is 1. The van der Waals surface area contributed by atoms with E-state index in [2.05, 4.69) is 53.4 Å². The van der Waals surface area contributed by atoms with Crippen LogP contribution in [0, 0.1) is 12.8 Å². The molecule has 2 aromatic rings. The van der Waals surface area contributed by atoms with Gasteiger partial charge in [-0.25, -0.2) is 0 Å². The van der Waals surface area contributed by atoms with Gasteiger partial charge in [-0.3, -0.25) is 4.98 Å². The van der Waals surface area contributed by atoms with Crippen LogP contribution in [-0.4, -0.2) is 36.6 Å². The van der Waals surface area contributed by atoms with E-state index in [1.165, 1.54) is 30.6 Å². The number of nitrogens with zero attached hydrogens (tertiary/aromatic N) is 2. The molecule has 1 atom stereocenters. The zero-order valence-corrected chi connectivity index (χ0v) is 11.7. The van der Waals surface area contributed by atoms with E-state index in [1.54, 1.807) is 0 Å². The maximum Gasteiger partial charge on any atom is 0.0725 e. The highest BCUT2D eigenvalue weighted by Gasteiger charge is 2.19. The van der Waals surface area contributed by atoms with Crippen LogP contribution in [0.1, 0.15) is 12.1 Å². The van der Waals surface area contributed by atoms with Crippen LogP contribution >= 0.6 is 0 Å². The van der Waals surface area contributed by atoms with Crippen molar-refractivity contribution in [1.29, 1.82) is 0 Å². The molecular formula is C16H21N3. The summed E-state index contributed by atoms with van der Waals surface area (Å²) in [6.45, 7) is 5.54. The number of anilines is 1. The fourth-order valence-corrected chi connectivity index (χ4v) is 2.90. The second-order valence-corrected chi connectivity index (χ2v) is 5.63. The second-order valence-electron chi connectivity index (χ2n) is 5.63. The Morgan fingerprint density at radius 2 is 2.21 bits per heavy atom. The van der Waals surface area contributed by atoms with Crippen LogP contribution in [0.5, 0.6) is 0 Å². The van der Waals surface area contributed by atoms with E-state index < -0.39 is 0 Å². The number of aryl methyl sites for hydroxylation is 1. The molecule has 1 aromatic heterocycles. The normalized spacial score (nSPS) is 20.0. The van der Waals surface area contributed by atoms with E-state index in [4.69, 9.17) is 0 Å². The summed E-state index contributed by atoms with van der Waals surface area (Å²) in [5, 5.41) is 4.85. The fourth-order valence-electron chi connectivity index (χ4n) is 2.90. The van der Waals surface area contributed by atoms with Crippen LogP contribution in [0.4, 0.5) is 5.69 Å². The Hall–Kier alpha value is -1.61. The summed E-state index contributed by atoms with van der Waals surface area (Å²) in [7, 11) is 2.20. The van der Waals surface area contributed by atoms with Crippen molar-refractivity contribution in [1.82, 2.24) is 9.88 Å². The third-order valence-corrected chi connectivity index (χ3v) is 3.91. The van der Waals surface area contributed by atoms with Crippen molar-refractivity contribution in [2.24, 2.45) is 5.92 Å². The van der Waals surface area contributed by atoms with E-state index in [9.17, 15) is 0 Å². The molecule has 0 bridgehead atoms. The molecule has 0 radical (unpaired) electrons. The van der Waals surface area contributed by atoms with E-state index >= 15 is 0 Å². The van der Waals surface area contributed by atoms with Gasteiger partial charge in [-0.1, -0.05) is 18.2 Å². The van der Waals surface area contributed by atoms with Crippen LogP contribution < -0.4 is 5.32 Å². The minimum absolute atomic E-state index is 0.761. The van der Waals surface area contributed by atoms with Crippen LogP contribution in [0.25, 0.3) is 10.9 Å². The van der Waals surface area contributed by atoms with Gasteiger partial charge in [-0.05, 0) is 45.0 Å². The molecule has 0 spiro atoms. The lowest BCUT2D eigenvalue weighted by atomic mass is 10.1. The molecule has 100 valence electrons. The number of pyridine rings is 1. The molecule has 0 saturated carbocycles. The molecule has 1 N–H and O–H groups in total. The molecule has 0 amide bonds. The third-order valence-electron chi connectivity index (χ3n) is 3.91. The van der Waals surface area contributed by atoms with Crippen molar-refractivity contribution in [2.45, 2.75) is 13.3 Å². The highest BCUT2D eigenvalue weighted by atomic mass is 15.1. The maximum absolute atomic E-state index is 4.58. The molecule has 1 aliphatic heterocycles. The SMILES string of the molecule is Cc1cc(NCC2CCN(C)C2)c2ccccc2n1. The Balaban J connectivity index is 1.80. The van der Waals surface area contributed by atoms with Gasteiger partial charge in [0.25, 0.3) is 0 Å². The molecule has 1 aromatic carbocycles. The van der Waals surface area contributed by atoms with Gasteiger partial charge >= 0.3 is 0 Å². The largest absolute Gasteiger partial charge is 0.384 e. The quantitative estimate of drug-likeness (QED) is 0.914. The van der Waals surface area contributed by atoms with Crippen LogP contribution in [0.15, 0.2) is 30.3 Å². The van der Waals surface area contributed by atoms with Gasteiger partial charge in [0.2, 0.25) is 0 Å². The molecule has 19 heavy (non-hydrogen) atoms. The molecule has 1 unspecified atom stereocenters. The number of rotatable bonds is 3. The molecule has 2 heterocycles. The molecule has 1 fully saturated rings. The summed E-state index contributed by atoms with van der Waals surface area (Å²) in [5.74, 6) is 0.761. The van der Waals surface area contributed by atoms with Gasteiger partial charge in [0.05, 0.1) is 5.52 Å². The monoisotopic (exact) mass is 255 g/mol. The highest BCUT2D eigenvalue weighted by Crippen LogP contribution is 2.24. The minimum atomic E-state index is 0.761. The minimum Gasteiger partial charge on any atom is -0.384 e. The summed E-state index contributed by atoms with van der Waals surface area (Å²) >= 11 is 0. The van der Waals surface area contributed by atoms with Crippen molar-refractivity contribution in [3.63, 3.8) is 0 Å². The number of aromatic nitrogens is 1. The van der Waals surface area contributed by atoms with E-state index in [0.717, 1.165) is 23.7 Å². The van der Waals surface area contributed by atoms with Gasteiger partial charge in [0.1, 0.15) is 0 Å². The Morgan fingerprint density at radius 3 is 3.00 bits per heavy atom. The van der Waals surface area contributed by atoms with Crippen LogP contribution in [0.3, 0.4) is 0 Å². The Labute approximate surface area is 114 Å². The first-order chi connectivity index (χ1) is 9.22. The highest BCUT2D eigenvalue weighted by molar-refractivity contribution is 5.91. The number of nitrogens with one attached hydrogen (secondary N) is 1. The van der Waals surface area contributed by atoms with Gasteiger partial charge in [0.15, 0.2) is 0 Å². The summed E-state index contributed by atoms with van der Waals surface area (Å²) < 4.78 is 0. The first-order valence-electron chi connectivity index (χ1n) is 7.01. The average Bonchev–Trinajstić information content (AvgIpc) is 2.81. The van der Waals surface area contributed by atoms with Crippen LogP contribution in [0.2, 0.25) is 0 Å². The summed E-state index contributed by atoms with van der Waals surface area (Å²) in [4.78, 5) is 6.98. The third kappa shape index (κ3) is 2.71. The smallest absolute Gasteiger partial charge is 0.0725 e. The molecule has 0 aliphatic carbocycles. The van der Waals surface area contributed by atoms with Crippen molar-refractivity contribution >= 4 is 16.6 Å². The lowest BCUT2D eigenvalue weighted by Gasteiger charge is -2.14. The van der Waals surface area contributed by atoms with E-state index in [-0.39, 0.29) is 0 Å². The predicted octanol–water partition coefficient (Wildman–Crippen LogP) is 2.91. The molecular weight excluding hydrogens is 234 g/mol. The molecule has 1 aliphatic rings. The average molecular weight is 255 g/mol. The van der Waals surface area contributed by atoms with E-state index in [0.29, 0.717) is 0 Å². The molecule has 3 rings (SSSR count). The summed E-state index contributed by atoms with van der Waals surface area (Å²) in [6, 6.07) is 10.5. The van der Waals surface area contributed by atoms with Gasteiger partial charge < -0.3 is 10.2 Å². The number of benzene rings is 1. The number of hydrogen-bond acceptors (Lipinski definition) is 3. The van der Waals surface area contributed by atoms with E-state index in [1.807, 2.05) is 6.07 Å². The van der Waals surface area contributed by atoms with Crippen molar-refractivity contribution in [2.75, 3.05) is 32.0 Å².